The lowest BCUT2D eigenvalue weighted by molar-refractivity contribution is 0.211. The molecule has 5 rings (SSSR count). The minimum atomic E-state index is 0. The number of nitrogens with zero attached hydrogens (tertiary/aromatic N) is 4. The van der Waals surface area contributed by atoms with Crippen LogP contribution in [0.3, 0.4) is 0 Å². The van der Waals surface area contributed by atoms with Crippen molar-refractivity contribution in [3.05, 3.63) is 77.9 Å². The van der Waals surface area contributed by atoms with Gasteiger partial charge in [0, 0.05) is 48.6 Å². The highest BCUT2D eigenvalue weighted by atomic mass is 35.5. The lowest BCUT2D eigenvalue weighted by Gasteiger charge is -2.32. The van der Waals surface area contributed by atoms with E-state index in [1.54, 1.807) is 14.2 Å². The normalized spacial score (nSPS) is 13.6. The Bertz CT molecular complexity index is 1360. The summed E-state index contributed by atoms with van der Waals surface area (Å²) in [5.74, 6) is 2.44. The van der Waals surface area contributed by atoms with E-state index in [4.69, 9.17) is 9.47 Å². The minimum absolute atomic E-state index is 0. The molecule has 0 atom stereocenters. The van der Waals surface area contributed by atoms with Crippen molar-refractivity contribution in [2.75, 3.05) is 46.7 Å². The molecule has 2 heterocycles. The molecule has 0 unspecified atom stereocenters. The zero-order valence-electron chi connectivity index (χ0n) is 24.0. The van der Waals surface area contributed by atoms with Crippen LogP contribution in [0, 0.1) is 0 Å². The van der Waals surface area contributed by atoms with Crippen molar-refractivity contribution in [2.45, 2.75) is 32.0 Å². The summed E-state index contributed by atoms with van der Waals surface area (Å²) in [4.78, 5) is 4.74. The highest BCUT2D eigenvalue weighted by Gasteiger charge is 2.21. The summed E-state index contributed by atoms with van der Waals surface area (Å²) in [6.45, 7) is 4.07. The lowest BCUT2D eigenvalue weighted by Crippen LogP contribution is -2.38. The van der Waals surface area contributed by atoms with E-state index >= 15 is 0 Å². The first-order valence-electron chi connectivity index (χ1n) is 13.2. The Morgan fingerprint density at radius 2 is 1.39 bits per heavy atom. The molecule has 10 heteroatoms. The summed E-state index contributed by atoms with van der Waals surface area (Å²) in [7, 11) is 7.57. The van der Waals surface area contributed by atoms with E-state index in [-0.39, 0.29) is 37.2 Å². The van der Waals surface area contributed by atoms with Crippen LogP contribution in [-0.4, -0.2) is 67.4 Å². The molecule has 0 spiro atoms. The fourth-order valence-corrected chi connectivity index (χ4v) is 5.13. The van der Waals surface area contributed by atoms with Crippen LogP contribution in [-0.2, 0) is 13.1 Å². The molecule has 1 fully saturated rings. The summed E-state index contributed by atoms with van der Waals surface area (Å²) in [6, 6.07) is 23.4. The van der Waals surface area contributed by atoms with Gasteiger partial charge >= 0.3 is 0 Å². The van der Waals surface area contributed by atoms with Crippen LogP contribution in [0.2, 0.25) is 0 Å². The smallest absolute Gasteiger partial charge is 0.156 e. The van der Waals surface area contributed by atoms with Gasteiger partial charge in [0.05, 0.1) is 14.2 Å². The Hall–Kier alpha value is -2.81. The highest BCUT2D eigenvalue weighted by molar-refractivity contribution is 6.00. The molecule has 1 aliphatic heterocycles. The molecule has 1 N–H and O–H groups in total. The first-order valence-corrected chi connectivity index (χ1v) is 13.2. The van der Waals surface area contributed by atoms with Crippen LogP contribution in [0.5, 0.6) is 11.5 Å². The molecule has 4 aromatic rings. The van der Waals surface area contributed by atoms with Gasteiger partial charge in [-0.2, -0.15) is 0 Å². The lowest BCUT2D eigenvalue weighted by atomic mass is 10.0. The SMILES string of the molecule is COc1ccc(-c2nnc(NC3CCN(Cc4ccc(CN(C)C)cc4)CC3)c3cc(OC)ccc23)cc1.Cl.Cl.Cl. The predicted molar refractivity (Wildman–Crippen MR) is 176 cm³/mol. The van der Waals surface area contributed by atoms with Gasteiger partial charge in [0.2, 0.25) is 0 Å². The molecule has 1 saturated heterocycles. The van der Waals surface area contributed by atoms with Crippen molar-refractivity contribution in [2.24, 2.45) is 0 Å². The van der Waals surface area contributed by atoms with Crippen LogP contribution in [0.1, 0.15) is 24.0 Å². The van der Waals surface area contributed by atoms with Gasteiger partial charge in [0.15, 0.2) is 5.82 Å². The number of ether oxygens (including phenoxy) is 2. The molecule has 41 heavy (non-hydrogen) atoms. The Balaban J connectivity index is 0.00000196. The monoisotopic (exact) mass is 619 g/mol. The molecular formula is C31H40Cl3N5O2. The quantitative estimate of drug-likeness (QED) is 0.223. The number of hydrogen-bond donors (Lipinski definition) is 1. The van der Waals surface area contributed by atoms with Crippen molar-refractivity contribution in [3.8, 4) is 22.8 Å². The largest absolute Gasteiger partial charge is 0.497 e. The molecule has 222 valence electrons. The number of nitrogens with one attached hydrogen (secondary N) is 1. The summed E-state index contributed by atoms with van der Waals surface area (Å²) < 4.78 is 10.9. The van der Waals surface area contributed by atoms with E-state index in [0.717, 1.165) is 78.4 Å². The van der Waals surface area contributed by atoms with E-state index < -0.39 is 0 Å². The third-order valence-electron chi connectivity index (χ3n) is 7.21. The van der Waals surface area contributed by atoms with E-state index in [9.17, 15) is 0 Å². The van der Waals surface area contributed by atoms with Gasteiger partial charge < -0.3 is 19.7 Å². The molecule has 0 amide bonds. The highest BCUT2D eigenvalue weighted by Crippen LogP contribution is 2.34. The Kier molecular flexibility index (Phi) is 13.4. The number of benzene rings is 3. The summed E-state index contributed by atoms with van der Waals surface area (Å²) >= 11 is 0. The van der Waals surface area contributed by atoms with Gasteiger partial charge in [-0.25, -0.2) is 0 Å². The van der Waals surface area contributed by atoms with Gasteiger partial charge in [-0.15, -0.1) is 47.4 Å². The maximum Gasteiger partial charge on any atom is 0.156 e. The fourth-order valence-electron chi connectivity index (χ4n) is 5.13. The Morgan fingerprint density at radius 3 is 2.00 bits per heavy atom. The predicted octanol–water partition coefficient (Wildman–Crippen LogP) is 6.72. The fraction of sp³-hybridized carbons (Fsp3) is 0.355. The van der Waals surface area contributed by atoms with Crippen molar-refractivity contribution in [1.29, 1.82) is 0 Å². The number of rotatable bonds is 9. The topological polar surface area (TPSA) is 62.8 Å². The van der Waals surface area contributed by atoms with Crippen molar-refractivity contribution < 1.29 is 9.47 Å². The number of halogens is 3. The zero-order valence-corrected chi connectivity index (χ0v) is 26.5. The molecule has 0 aliphatic carbocycles. The van der Waals surface area contributed by atoms with E-state index in [2.05, 4.69) is 75.8 Å². The molecule has 0 bridgehead atoms. The van der Waals surface area contributed by atoms with Crippen LogP contribution < -0.4 is 14.8 Å². The van der Waals surface area contributed by atoms with E-state index in [0.29, 0.717) is 6.04 Å². The van der Waals surface area contributed by atoms with Crippen LogP contribution in [0.4, 0.5) is 5.82 Å². The first-order chi connectivity index (χ1) is 18.5. The molecule has 1 aliphatic rings. The summed E-state index contributed by atoms with van der Waals surface area (Å²) in [5, 5.41) is 15.1. The Labute approximate surface area is 261 Å². The second-order valence-corrected chi connectivity index (χ2v) is 10.3. The zero-order chi connectivity index (χ0) is 26.5. The van der Waals surface area contributed by atoms with Crippen molar-refractivity contribution in [3.63, 3.8) is 0 Å². The number of hydrogen-bond acceptors (Lipinski definition) is 7. The van der Waals surface area contributed by atoms with Crippen LogP contribution in [0.25, 0.3) is 22.0 Å². The number of fused-ring (bicyclic) bond motifs is 1. The second kappa shape index (κ2) is 16.0. The average Bonchev–Trinajstić information content (AvgIpc) is 2.95. The van der Waals surface area contributed by atoms with Crippen molar-refractivity contribution in [1.82, 2.24) is 20.0 Å². The van der Waals surface area contributed by atoms with Gasteiger partial charge in [-0.05, 0) is 80.5 Å². The third-order valence-corrected chi connectivity index (χ3v) is 7.21. The van der Waals surface area contributed by atoms with Gasteiger partial charge in [-0.1, -0.05) is 24.3 Å². The summed E-state index contributed by atoms with van der Waals surface area (Å²) in [6.07, 6.45) is 2.12. The maximum absolute atomic E-state index is 5.54. The average molecular weight is 621 g/mol. The van der Waals surface area contributed by atoms with E-state index in [1.165, 1.54) is 11.1 Å². The molecule has 7 nitrogen and oxygen atoms in total. The minimum Gasteiger partial charge on any atom is -0.497 e. The number of anilines is 1. The van der Waals surface area contributed by atoms with E-state index in [1.807, 2.05) is 30.3 Å². The van der Waals surface area contributed by atoms with Crippen LogP contribution >= 0.6 is 37.2 Å². The van der Waals surface area contributed by atoms with Gasteiger partial charge in [0.25, 0.3) is 0 Å². The summed E-state index contributed by atoms with van der Waals surface area (Å²) in [5.41, 5.74) is 4.58. The number of aromatic nitrogens is 2. The van der Waals surface area contributed by atoms with Crippen molar-refractivity contribution >= 4 is 53.8 Å². The number of methoxy groups -OCH3 is 2. The van der Waals surface area contributed by atoms with Gasteiger partial charge in [0.1, 0.15) is 17.2 Å². The van der Waals surface area contributed by atoms with Gasteiger partial charge in [-0.3, -0.25) is 4.90 Å². The molecule has 0 saturated carbocycles. The molecule has 3 aromatic carbocycles. The Morgan fingerprint density at radius 1 is 0.780 bits per heavy atom. The number of likely N-dealkylation sites (tertiary alicyclic amines) is 1. The standard InChI is InChI=1S/C31H37N5O2.3ClH/c1-35(2)20-22-5-7-23(8-6-22)21-36-17-15-25(16-18-36)32-31-29-19-27(38-4)13-14-28(29)30(33-34-31)24-9-11-26(37-3)12-10-24;;;/h5-14,19,25H,15-18,20-21H2,1-4H3,(H,32,34);3*1H. The maximum atomic E-state index is 5.54. The molecule has 1 aromatic heterocycles. The molecular weight excluding hydrogens is 581 g/mol. The first kappa shape index (κ1) is 34.4. The van der Waals surface area contributed by atoms with Crippen LogP contribution in [0.15, 0.2) is 66.7 Å². The third kappa shape index (κ3) is 8.60. The number of piperidine rings is 1. The second-order valence-electron chi connectivity index (χ2n) is 10.3. The molecule has 0 radical (unpaired) electrons.